The van der Waals surface area contributed by atoms with Gasteiger partial charge in [-0.05, 0) is 42.5 Å². The second-order valence-corrected chi connectivity index (χ2v) is 5.27. The summed E-state index contributed by atoms with van der Waals surface area (Å²) in [6.45, 7) is 2.09. The molecule has 1 nitrogen and oxygen atoms in total. The molecule has 2 aromatic carbocycles. The fourth-order valence-corrected chi connectivity index (χ4v) is 2.97. The highest BCUT2D eigenvalue weighted by atomic mass is 35.5. The lowest BCUT2D eigenvalue weighted by molar-refractivity contribution is 0.761. The molecule has 0 bridgehead atoms. The fraction of sp³-hybridized carbons (Fsp3) is 0.250. The fourth-order valence-electron chi connectivity index (χ4n) is 2.70. The van der Waals surface area contributed by atoms with Crippen LogP contribution in [-0.4, -0.2) is 0 Å². The van der Waals surface area contributed by atoms with E-state index >= 15 is 0 Å². The van der Waals surface area contributed by atoms with E-state index < -0.39 is 0 Å². The number of halogens is 1. The number of hydrogen-bond acceptors (Lipinski definition) is 1. The van der Waals surface area contributed by atoms with Crippen LogP contribution < -0.4 is 5.32 Å². The highest BCUT2D eigenvalue weighted by Gasteiger charge is 2.22. The third kappa shape index (κ3) is 1.99. The molecule has 2 heteroatoms. The van der Waals surface area contributed by atoms with E-state index in [1.165, 1.54) is 16.7 Å². The van der Waals surface area contributed by atoms with Crippen molar-refractivity contribution in [2.45, 2.75) is 25.8 Å². The second kappa shape index (κ2) is 4.66. The molecule has 0 saturated heterocycles. The molecule has 1 unspecified atom stereocenters. The number of rotatable bonds is 2. The summed E-state index contributed by atoms with van der Waals surface area (Å²) in [5.41, 5.74) is 5.14. The lowest BCUT2D eigenvalue weighted by Crippen LogP contribution is -2.08. The quantitative estimate of drug-likeness (QED) is 0.819. The Bertz CT molecular complexity index is 557. The monoisotopic (exact) mass is 257 g/mol. The first-order chi connectivity index (χ1) is 8.75. The second-order valence-electron chi connectivity index (χ2n) is 4.87. The van der Waals surface area contributed by atoms with Gasteiger partial charge in [-0.3, -0.25) is 0 Å². The van der Waals surface area contributed by atoms with Gasteiger partial charge >= 0.3 is 0 Å². The van der Waals surface area contributed by atoms with Crippen LogP contribution >= 0.6 is 11.6 Å². The van der Waals surface area contributed by atoms with E-state index in [0.717, 1.165) is 23.6 Å². The Morgan fingerprint density at radius 3 is 2.78 bits per heavy atom. The summed E-state index contributed by atoms with van der Waals surface area (Å²) in [7, 11) is 0. The average Bonchev–Trinajstić information content (AvgIpc) is 2.77. The average molecular weight is 258 g/mol. The third-order valence-electron chi connectivity index (χ3n) is 3.67. The summed E-state index contributed by atoms with van der Waals surface area (Å²) in [6.07, 6.45) is 2.29. The molecule has 0 spiro atoms. The number of anilines is 1. The molecule has 3 rings (SSSR count). The van der Waals surface area contributed by atoms with Gasteiger partial charge in [0.2, 0.25) is 0 Å². The lowest BCUT2D eigenvalue weighted by Gasteiger charge is -2.18. The molecule has 18 heavy (non-hydrogen) atoms. The minimum absolute atomic E-state index is 0.389. The van der Waals surface area contributed by atoms with Gasteiger partial charge in [0.15, 0.2) is 0 Å². The molecule has 1 atom stereocenters. The molecule has 0 aliphatic heterocycles. The first-order valence-corrected chi connectivity index (χ1v) is 6.73. The van der Waals surface area contributed by atoms with Crippen molar-refractivity contribution in [3.05, 3.63) is 64.2 Å². The van der Waals surface area contributed by atoms with Crippen LogP contribution in [0.5, 0.6) is 0 Å². The zero-order valence-corrected chi connectivity index (χ0v) is 11.2. The first kappa shape index (κ1) is 11.6. The van der Waals surface area contributed by atoms with Crippen molar-refractivity contribution in [3.63, 3.8) is 0 Å². The number of para-hydroxylation sites is 1. The smallest absolute Gasteiger partial charge is 0.0640 e. The molecule has 1 aliphatic carbocycles. The lowest BCUT2D eigenvalue weighted by atomic mass is 10.1. The van der Waals surface area contributed by atoms with E-state index in [2.05, 4.69) is 42.6 Å². The van der Waals surface area contributed by atoms with Gasteiger partial charge in [0.1, 0.15) is 0 Å². The number of benzene rings is 2. The van der Waals surface area contributed by atoms with Crippen molar-refractivity contribution in [1.29, 1.82) is 0 Å². The predicted molar refractivity (Wildman–Crippen MR) is 77.3 cm³/mol. The molecular formula is C16H16ClN. The maximum absolute atomic E-state index is 6.27. The van der Waals surface area contributed by atoms with Gasteiger partial charge in [0, 0.05) is 0 Å². The van der Waals surface area contributed by atoms with Crippen LogP contribution in [0.3, 0.4) is 0 Å². The first-order valence-electron chi connectivity index (χ1n) is 6.35. The minimum Gasteiger partial charge on any atom is -0.377 e. The number of nitrogens with one attached hydrogen (secondary N) is 1. The van der Waals surface area contributed by atoms with E-state index in [4.69, 9.17) is 11.6 Å². The summed E-state index contributed by atoms with van der Waals surface area (Å²) in [4.78, 5) is 0. The van der Waals surface area contributed by atoms with Crippen molar-refractivity contribution in [1.82, 2.24) is 0 Å². The molecule has 0 aromatic heterocycles. The molecule has 92 valence electrons. The van der Waals surface area contributed by atoms with E-state index in [0.29, 0.717) is 6.04 Å². The molecule has 2 aromatic rings. The summed E-state index contributed by atoms with van der Waals surface area (Å²) >= 11 is 6.27. The van der Waals surface area contributed by atoms with Crippen molar-refractivity contribution in [2.24, 2.45) is 0 Å². The van der Waals surface area contributed by atoms with E-state index in [9.17, 15) is 0 Å². The molecule has 0 heterocycles. The largest absolute Gasteiger partial charge is 0.377 e. The zero-order chi connectivity index (χ0) is 12.5. The van der Waals surface area contributed by atoms with Crippen LogP contribution in [0.25, 0.3) is 0 Å². The molecular weight excluding hydrogens is 242 g/mol. The van der Waals surface area contributed by atoms with E-state index in [1.807, 2.05) is 12.1 Å². The minimum atomic E-state index is 0.389. The third-order valence-corrected chi connectivity index (χ3v) is 3.99. The summed E-state index contributed by atoms with van der Waals surface area (Å²) in [5, 5.41) is 4.41. The van der Waals surface area contributed by atoms with Crippen molar-refractivity contribution in [3.8, 4) is 0 Å². The predicted octanol–water partition coefficient (Wildman–Crippen LogP) is 4.75. The van der Waals surface area contributed by atoms with Gasteiger partial charge in [-0.1, -0.05) is 48.0 Å². The van der Waals surface area contributed by atoms with Crippen molar-refractivity contribution in [2.75, 3.05) is 5.32 Å². The molecule has 0 fully saturated rings. The highest BCUT2D eigenvalue weighted by Crippen LogP contribution is 2.36. The normalized spacial score (nSPS) is 17.6. The van der Waals surface area contributed by atoms with Crippen molar-refractivity contribution >= 4 is 17.3 Å². The summed E-state index contributed by atoms with van der Waals surface area (Å²) < 4.78 is 0. The topological polar surface area (TPSA) is 12.0 Å². The van der Waals surface area contributed by atoms with Crippen molar-refractivity contribution < 1.29 is 0 Å². The van der Waals surface area contributed by atoms with Crippen LogP contribution in [-0.2, 0) is 6.42 Å². The maximum Gasteiger partial charge on any atom is 0.0640 e. The van der Waals surface area contributed by atoms with E-state index in [1.54, 1.807) is 0 Å². The maximum atomic E-state index is 6.27. The highest BCUT2D eigenvalue weighted by molar-refractivity contribution is 6.33. The Labute approximate surface area is 113 Å². The SMILES string of the molecule is Cc1cccc(Cl)c1NC1CCc2ccccc21. The Morgan fingerprint density at radius 1 is 1.11 bits per heavy atom. The summed E-state index contributed by atoms with van der Waals surface area (Å²) in [5.74, 6) is 0. The Balaban J connectivity index is 1.91. The Morgan fingerprint density at radius 2 is 1.94 bits per heavy atom. The molecule has 1 N–H and O–H groups in total. The van der Waals surface area contributed by atoms with Gasteiger partial charge in [-0.25, -0.2) is 0 Å². The zero-order valence-electron chi connectivity index (χ0n) is 10.4. The number of fused-ring (bicyclic) bond motifs is 1. The van der Waals surface area contributed by atoms with Gasteiger partial charge in [0.25, 0.3) is 0 Å². The molecule has 0 radical (unpaired) electrons. The van der Waals surface area contributed by atoms with Crippen LogP contribution in [0, 0.1) is 6.92 Å². The standard InChI is InChI=1S/C16H16ClN/c1-11-5-4-8-14(17)16(11)18-15-10-9-12-6-2-3-7-13(12)15/h2-8,15,18H,9-10H2,1H3. The number of aryl methyl sites for hydroxylation is 2. The molecule has 1 aliphatic rings. The van der Waals surface area contributed by atoms with Crippen LogP contribution in [0.4, 0.5) is 5.69 Å². The van der Waals surface area contributed by atoms with Gasteiger partial charge < -0.3 is 5.32 Å². The summed E-state index contributed by atoms with van der Waals surface area (Å²) in [6, 6.07) is 15.1. The molecule has 0 amide bonds. The van der Waals surface area contributed by atoms with Gasteiger partial charge in [0.05, 0.1) is 16.8 Å². The number of hydrogen-bond donors (Lipinski definition) is 1. The van der Waals surface area contributed by atoms with Crippen LogP contribution in [0.2, 0.25) is 5.02 Å². The van der Waals surface area contributed by atoms with E-state index in [-0.39, 0.29) is 0 Å². The Kier molecular flexibility index (Phi) is 3.00. The van der Waals surface area contributed by atoms with Crippen LogP contribution in [0.1, 0.15) is 29.2 Å². The van der Waals surface area contributed by atoms with Gasteiger partial charge in [-0.15, -0.1) is 0 Å². The Hall–Kier alpha value is -1.47. The molecule has 0 saturated carbocycles. The van der Waals surface area contributed by atoms with Crippen LogP contribution in [0.15, 0.2) is 42.5 Å². The van der Waals surface area contributed by atoms with Gasteiger partial charge in [-0.2, -0.15) is 0 Å².